The van der Waals surface area contributed by atoms with Crippen molar-refractivity contribution < 1.29 is 8.42 Å². The number of halogens is 1. The van der Waals surface area contributed by atoms with Crippen LogP contribution >= 0.6 is 22.9 Å². The predicted octanol–water partition coefficient (Wildman–Crippen LogP) is 3.48. The van der Waals surface area contributed by atoms with Crippen LogP contribution < -0.4 is 10.6 Å². The Morgan fingerprint density at radius 3 is 2.78 bits per heavy atom. The van der Waals surface area contributed by atoms with Crippen LogP contribution in [0.25, 0.3) is 0 Å². The van der Waals surface area contributed by atoms with Gasteiger partial charge in [-0.25, -0.2) is 0 Å². The normalized spacial score (nSPS) is 15.4. The molecule has 2 heterocycles. The van der Waals surface area contributed by atoms with Crippen LogP contribution in [0, 0.1) is 0 Å². The molecular weight excluding hydrogens is 354 g/mol. The van der Waals surface area contributed by atoms with Gasteiger partial charge in [0.15, 0.2) is 4.21 Å². The highest BCUT2D eigenvalue weighted by Crippen LogP contribution is 2.37. The van der Waals surface area contributed by atoms with E-state index in [4.69, 9.17) is 11.6 Å². The molecule has 2 aromatic rings. The Hall–Kier alpha value is -1.57. The van der Waals surface area contributed by atoms with E-state index in [0.29, 0.717) is 16.6 Å². The zero-order chi connectivity index (χ0) is 16.3. The van der Waals surface area contributed by atoms with Gasteiger partial charge in [-0.3, -0.25) is 0 Å². The van der Waals surface area contributed by atoms with E-state index in [0.717, 1.165) is 30.6 Å². The number of sulfonamides is 1. The molecule has 5 nitrogen and oxygen atoms in total. The first-order chi connectivity index (χ1) is 11.0. The van der Waals surface area contributed by atoms with Crippen LogP contribution in [0.1, 0.15) is 18.4 Å². The number of rotatable bonds is 5. The van der Waals surface area contributed by atoms with E-state index < -0.39 is 10.0 Å². The number of guanidine groups is 1. The summed E-state index contributed by atoms with van der Waals surface area (Å²) in [5.41, 5.74) is 1.79. The lowest BCUT2D eigenvalue weighted by Crippen LogP contribution is -2.34. The van der Waals surface area contributed by atoms with Gasteiger partial charge >= 0.3 is 0 Å². The second-order valence-electron chi connectivity index (χ2n) is 5.16. The predicted molar refractivity (Wildman–Crippen MR) is 95.0 cm³/mol. The molecule has 0 saturated heterocycles. The molecule has 1 aliphatic rings. The van der Waals surface area contributed by atoms with E-state index in [-0.39, 0.29) is 10.2 Å². The van der Waals surface area contributed by atoms with Gasteiger partial charge in [-0.2, -0.15) is 8.42 Å². The third kappa shape index (κ3) is 4.04. The first-order valence-electron chi connectivity index (χ1n) is 7.24. The lowest BCUT2D eigenvalue weighted by molar-refractivity contribution is 0.599. The maximum Gasteiger partial charge on any atom is 0.297 e. The van der Waals surface area contributed by atoms with E-state index >= 15 is 0 Å². The number of hydrogen-bond acceptors (Lipinski definition) is 5. The first kappa shape index (κ1) is 16.3. The Labute approximate surface area is 144 Å². The minimum Gasteiger partial charge on any atom is -0.355 e. The van der Waals surface area contributed by atoms with E-state index in [1.807, 2.05) is 18.2 Å². The number of anilines is 1. The fourth-order valence-electron chi connectivity index (χ4n) is 2.32. The average molecular weight is 370 g/mol. The van der Waals surface area contributed by atoms with E-state index in [2.05, 4.69) is 27.2 Å². The minimum atomic E-state index is -3.66. The first-order valence-corrected chi connectivity index (χ1v) is 9.87. The fourth-order valence-corrected chi connectivity index (χ4v) is 4.99. The summed E-state index contributed by atoms with van der Waals surface area (Å²) in [5.74, 6) is 0.256. The van der Waals surface area contributed by atoms with Gasteiger partial charge in [-0.15, -0.1) is 15.7 Å². The van der Waals surface area contributed by atoms with Crippen LogP contribution in [-0.4, -0.2) is 20.9 Å². The lowest BCUT2D eigenvalue weighted by atomic mass is 10.1. The van der Waals surface area contributed by atoms with Crippen molar-refractivity contribution in [3.63, 3.8) is 0 Å². The molecule has 0 amide bonds. The zero-order valence-corrected chi connectivity index (χ0v) is 14.6. The van der Waals surface area contributed by atoms with E-state index in [1.165, 1.54) is 5.56 Å². The van der Waals surface area contributed by atoms with Gasteiger partial charge in [-0.1, -0.05) is 41.9 Å². The van der Waals surface area contributed by atoms with Crippen LogP contribution in [0.15, 0.2) is 45.0 Å². The summed E-state index contributed by atoms with van der Waals surface area (Å²) < 4.78 is 28.4. The molecule has 122 valence electrons. The van der Waals surface area contributed by atoms with Crippen molar-refractivity contribution >= 4 is 44.6 Å². The Balaban J connectivity index is 1.50. The fraction of sp³-hybridized carbons (Fsp3) is 0.267. The molecule has 0 aliphatic carbocycles. The molecule has 2 N–H and O–H groups in total. The maximum absolute atomic E-state index is 12.1. The number of benzene rings is 1. The maximum atomic E-state index is 12.1. The van der Waals surface area contributed by atoms with Gasteiger partial charge in [0.2, 0.25) is 5.96 Å². The highest BCUT2D eigenvalue weighted by atomic mass is 35.5. The topological polar surface area (TPSA) is 70.6 Å². The van der Waals surface area contributed by atoms with Gasteiger partial charge in [0.05, 0.1) is 10.0 Å². The minimum absolute atomic E-state index is 0.164. The lowest BCUT2D eigenvalue weighted by Gasteiger charge is -2.16. The van der Waals surface area contributed by atoms with Crippen LogP contribution in [0.3, 0.4) is 0 Å². The number of nitrogens with one attached hydrogen (secondary N) is 2. The molecule has 1 aromatic carbocycles. The highest BCUT2D eigenvalue weighted by molar-refractivity contribution is 7.92. The van der Waals surface area contributed by atoms with Crippen LogP contribution in [0.4, 0.5) is 5.69 Å². The number of unbranched alkanes of at least 4 members (excludes halogenated alkanes) is 1. The number of nitrogens with zero attached hydrogens (tertiary/aromatic N) is 1. The summed E-state index contributed by atoms with van der Waals surface area (Å²) in [5, 5.41) is 6.00. The van der Waals surface area contributed by atoms with Crippen molar-refractivity contribution in [2.24, 2.45) is 4.40 Å². The average Bonchev–Trinajstić information content (AvgIpc) is 2.89. The SMILES string of the molecule is O=S1(=O)N=C(NCCCCc2ccccc2)Nc2cc(Cl)sc21. The van der Waals surface area contributed by atoms with Gasteiger partial charge in [0.1, 0.15) is 0 Å². The van der Waals surface area contributed by atoms with Crippen molar-refractivity contribution in [2.45, 2.75) is 23.5 Å². The van der Waals surface area contributed by atoms with Crippen molar-refractivity contribution in [3.8, 4) is 0 Å². The zero-order valence-electron chi connectivity index (χ0n) is 12.3. The van der Waals surface area contributed by atoms with Gasteiger partial charge < -0.3 is 10.6 Å². The Morgan fingerprint density at radius 1 is 1.22 bits per heavy atom. The molecule has 0 fully saturated rings. The second-order valence-corrected chi connectivity index (χ2v) is 8.64. The quantitative estimate of drug-likeness (QED) is 0.791. The third-order valence-corrected chi connectivity index (χ3v) is 6.45. The van der Waals surface area contributed by atoms with Gasteiger partial charge in [-0.05, 0) is 30.9 Å². The number of fused-ring (bicyclic) bond motifs is 1. The smallest absolute Gasteiger partial charge is 0.297 e. The Bertz CT molecular complexity index is 817. The van der Waals surface area contributed by atoms with Crippen molar-refractivity contribution in [1.29, 1.82) is 0 Å². The molecule has 8 heteroatoms. The molecule has 1 aromatic heterocycles. The largest absolute Gasteiger partial charge is 0.355 e. The Morgan fingerprint density at radius 2 is 2.00 bits per heavy atom. The number of aryl methyl sites for hydroxylation is 1. The molecule has 0 bridgehead atoms. The summed E-state index contributed by atoms with van der Waals surface area (Å²) in [6.45, 7) is 0.654. The van der Waals surface area contributed by atoms with Crippen LogP contribution in [0.5, 0.6) is 0 Å². The monoisotopic (exact) mass is 369 g/mol. The van der Waals surface area contributed by atoms with Crippen molar-refractivity contribution in [2.75, 3.05) is 11.9 Å². The van der Waals surface area contributed by atoms with Crippen molar-refractivity contribution in [3.05, 3.63) is 46.3 Å². The molecule has 0 spiro atoms. The molecule has 23 heavy (non-hydrogen) atoms. The standard InChI is InChI=1S/C15H16ClN3O2S2/c16-13-10-12-14(22-13)23(20,21)19-15(18-12)17-9-5-4-8-11-6-2-1-3-7-11/h1-3,6-7,10H,4-5,8-9H2,(H2,17,18,19). The molecule has 0 unspecified atom stereocenters. The molecule has 0 atom stereocenters. The van der Waals surface area contributed by atoms with Gasteiger partial charge in [0, 0.05) is 6.54 Å². The number of thiophene rings is 1. The second kappa shape index (κ2) is 6.90. The summed E-state index contributed by atoms with van der Waals surface area (Å²) >= 11 is 6.88. The highest BCUT2D eigenvalue weighted by Gasteiger charge is 2.27. The molecule has 3 rings (SSSR count). The third-order valence-electron chi connectivity index (χ3n) is 3.39. The van der Waals surface area contributed by atoms with Crippen LogP contribution in [-0.2, 0) is 16.4 Å². The van der Waals surface area contributed by atoms with E-state index in [9.17, 15) is 8.42 Å². The van der Waals surface area contributed by atoms with E-state index in [1.54, 1.807) is 6.07 Å². The molecule has 0 radical (unpaired) electrons. The molecule has 1 aliphatic heterocycles. The van der Waals surface area contributed by atoms with Crippen LogP contribution in [0.2, 0.25) is 4.34 Å². The molecular formula is C15H16ClN3O2S2. The summed E-state index contributed by atoms with van der Waals surface area (Å²) in [4.78, 5) is 0. The summed E-state index contributed by atoms with van der Waals surface area (Å²) in [6.07, 6.45) is 2.95. The number of hydrogen-bond donors (Lipinski definition) is 2. The van der Waals surface area contributed by atoms with Crippen molar-refractivity contribution in [1.82, 2.24) is 5.32 Å². The Kier molecular flexibility index (Phi) is 4.89. The molecule has 0 saturated carbocycles. The van der Waals surface area contributed by atoms with Gasteiger partial charge in [0.25, 0.3) is 10.0 Å². The summed E-state index contributed by atoms with van der Waals surface area (Å²) in [6, 6.07) is 11.9. The summed E-state index contributed by atoms with van der Waals surface area (Å²) in [7, 11) is -3.66.